The number of hydrogen-bond acceptors (Lipinski definition) is 11. The normalized spacial score (nSPS) is 15.3. The molecule has 2 saturated heterocycles. The Hall–Kier alpha value is -5.82. The largest absolute Gasteiger partial charge is 0.444 e. The lowest BCUT2D eigenvalue weighted by molar-refractivity contribution is 0.0200. The number of carbonyl (C=O) groups excluding carboxylic acids is 2. The number of likely N-dealkylation sites (tertiary alicyclic amines) is 1. The molecule has 0 radical (unpaired) electrons. The number of hydrogen-bond donors (Lipinski definition) is 1. The van der Waals surface area contributed by atoms with Crippen molar-refractivity contribution in [3.8, 4) is 28.5 Å². The molecule has 14 nitrogen and oxygen atoms in total. The Morgan fingerprint density at radius 3 is 2.27 bits per heavy atom. The van der Waals surface area contributed by atoms with E-state index >= 15 is 0 Å². The summed E-state index contributed by atoms with van der Waals surface area (Å²) in [6, 6.07) is 12.1. The number of nitrogens with zero attached hydrogens (tertiary/aromatic N) is 10. The minimum absolute atomic E-state index is 0.0103. The lowest BCUT2D eigenvalue weighted by Crippen LogP contribution is -2.55. The minimum atomic E-state index is -0.537. The molecule has 286 valence electrons. The van der Waals surface area contributed by atoms with Crippen LogP contribution in [0.1, 0.15) is 51.1 Å². The zero-order chi connectivity index (χ0) is 38.9. The molecule has 0 unspecified atom stereocenters. The van der Waals surface area contributed by atoms with Gasteiger partial charge in [0.05, 0.1) is 5.69 Å². The number of anilines is 3. The highest BCUT2D eigenvalue weighted by atomic mass is 32.1. The second-order valence-electron chi connectivity index (χ2n) is 14.7. The van der Waals surface area contributed by atoms with Gasteiger partial charge in [-0.3, -0.25) is 4.40 Å². The summed E-state index contributed by atoms with van der Waals surface area (Å²) >= 11 is 1.27. The number of piperidine rings is 1. The summed E-state index contributed by atoms with van der Waals surface area (Å²) in [5.41, 5.74) is 4.02. The molecular weight excluding hydrogens is 722 g/mol. The summed E-state index contributed by atoms with van der Waals surface area (Å²) in [7, 11) is 1.91. The van der Waals surface area contributed by atoms with E-state index in [0.29, 0.717) is 85.7 Å². The second kappa shape index (κ2) is 15.5. The van der Waals surface area contributed by atoms with Crippen molar-refractivity contribution >= 4 is 46.0 Å². The maximum absolute atomic E-state index is 13.6. The number of amides is 3. The number of ether oxygens (including phenoxy) is 1. The highest BCUT2D eigenvalue weighted by molar-refractivity contribution is 7.16. The lowest BCUT2D eigenvalue weighted by atomic mass is 10.1. The molecule has 4 aromatic heterocycles. The summed E-state index contributed by atoms with van der Waals surface area (Å²) < 4.78 is 21.1. The molecule has 6 heterocycles. The summed E-state index contributed by atoms with van der Waals surface area (Å²) in [5, 5.41) is 13.7. The first kappa shape index (κ1) is 37.5. The number of carbonyl (C=O) groups is 2. The third-order valence-electron chi connectivity index (χ3n) is 9.73. The number of thiazole rings is 1. The quantitative estimate of drug-likeness (QED) is 0.195. The average molecular weight is 766 g/mol. The van der Waals surface area contributed by atoms with Crippen LogP contribution in [0, 0.1) is 17.1 Å². The van der Waals surface area contributed by atoms with E-state index in [1.807, 2.05) is 79.7 Å². The van der Waals surface area contributed by atoms with Crippen LogP contribution in [0.4, 0.5) is 30.9 Å². The fourth-order valence-corrected chi connectivity index (χ4v) is 7.66. The van der Waals surface area contributed by atoms with Crippen molar-refractivity contribution in [1.82, 2.24) is 39.5 Å². The molecule has 0 atom stereocenters. The molecule has 0 bridgehead atoms. The maximum atomic E-state index is 13.6. The number of halogens is 1. The van der Waals surface area contributed by atoms with Crippen molar-refractivity contribution in [2.24, 2.45) is 0 Å². The van der Waals surface area contributed by atoms with Gasteiger partial charge in [0.25, 0.3) is 0 Å². The monoisotopic (exact) mass is 765 g/mol. The van der Waals surface area contributed by atoms with Gasteiger partial charge >= 0.3 is 12.1 Å². The number of urea groups is 1. The topological polar surface area (TPSA) is 148 Å². The number of imidazole rings is 1. The SMILES string of the molecule is CCc1nc2ccc(-c3cnc(N4CCN(C(=O)NC5CCN(C(=O)OC(C)(C)C)CC5)CC4)nc3)cn2c1N(C)c1nc(-c2ccc(F)cc2)c(C#N)s1. The predicted octanol–water partition coefficient (Wildman–Crippen LogP) is 6.49. The number of rotatable bonds is 7. The zero-order valence-electron chi connectivity index (χ0n) is 31.6. The second-order valence-corrected chi connectivity index (χ2v) is 15.6. The molecule has 0 spiro atoms. The molecular formula is C39H44FN11O3S. The summed E-state index contributed by atoms with van der Waals surface area (Å²) in [5.74, 6) is 1.08. The summed E-state index contributed by atoms with van der Waals surface area (Å²) in [4.78, 5) is 52.6. The van der Waals surface area contributed by atoms with E-state index in [9.17, 15) is 19.2 Å². The predicted molar refractivity (Wildman–Crippen MR) is 209 cm³/mol. The van der Waals surface area contributed by atoms with Gasteiger partial charge in [-0.15, -0.1) is 0 Å². The van der Waals surface area contributed by atoms with Crippen molar-refractivity contribution < 1.29 is 18.7 Å². The molecule has 0 aliphatic carbocycles. The highest BCUT2D eigenvalue weighted by Gasteiger charge is 2.30. The Labute approximate surface area is 323 Å². The molecule has 16 heteroatoms. The Morgan fingerprint density at radius 1 is 0.964 bits per heavy atom. The van der Waals surface area contributed by atoms with Crippen molar-refractivity contribution in [3.63, 3.8) is 0 Å². The standard InChI is InChI=1S/C39H44FN11O3S/c1-6-30-34(47(5)37-46-33(31(21-41)55-37)25-7-10-28(40)11-8-25)51-24-26(9-12-32(51)45-30)27-22-42-35(43-23-27)48-17-19-49(20-18-48)36(52)44-29-13-15-50(16-14-29)38(53)54-39(2,3)4/h7-12,22-24,29H,6,13-20H2,1-5H3,(H,44,52). The number of nitriles is 1. The van der Waals surface area contributed by atoms with E-state index in [2.05, 4.69) is 16.3 Å². The van der Waals surface area contributed by atoms with Crippen LogP contribution < -0.4 is 15.1 Å². The van der Waals surface area contributed by atoms with Crippen LogP contribution in [0.5, 0.6) is 0 Å². The first-order valence-corrected chi connectivity index (χ1v) is 19.2. The number of aryl methyl sites for hydroxylation is 1. The molecule has 7 rings (SSSR count). The summed E-state index contributed by atoms with van der Waals surface area (Å²) in [6.45, 7) is 11.0. The first-order valence-electron chi connectivity index (χ1n) is 18.4. The van der Waals surface area contributed by atoms with Gasteiger partial charge in [0.2, 0.25) is 5.95 Å². The van der Waals surface area contributed by atoms with E-state index in [4.69, 9.17) is 24.7 Å². The van der Waals surface area contributed by atoms with Gasteiger partial charge in [0.15, 0.2) is 5.13 Å². The molecule has 0 saturated carbocycles. The van der Waals surface area contributed by atoms with Gasteiger partial charge in [-0.1, -0.05) is 18.3 Å². The zero-order valence-corrected chi connectivity index (χ0v) is 32.4. The van der Waals surface area contributed by atoms with E-state index in [1.54, 1.807) is 17.0 Å². The number of aromatic nitrogens is 5. The Balaban J connectivity index is 0.991. The van der Waals surface area contributed by atoms with Gasteiger partial charge in [0.1, 0.15) is 39.5 Å². The Morgan fingerprint density at radius 2 is 1.64 bits per heavy atom. The van der Waals surface area contributed by atoms with Crippen LogP contribution in [0.25, 0.3) is 28.0 Å². The van der Waals surface area contributed by atoms with Gasteiger partial charge in [-0.2, -0.15) is 5.26 Å². The molecule has 3 amide bonds. The third kappa shape index (κ3) is 8.16. The molecule has 1 aromatic carbocycles. The number of pyridine rings is 1. The fourth-order valence-electron chi connectivity index (χ4n) is 6.81. The number of nitrogens with one attached hydrogen (secondary N) is 1. The highest BCUT2D eigenvalue weighted by Crippen LogP contribution is 2.37. The van der Waals surface area contributed by atoms with Gasteiger partial charge < -0.3 is 29.7 Å². The number of benzene rings is 1. The molecule has 2 fully saturated rings. The summed E-state index contributed by atoms with van der Waals surface area (Å²) in [6.07, 6.45) is 7.36. The number of fused-ring (bicyclic) bond motifs is 1. The van der Waals surface area contributed by atoms with E-state index in [0.717, 1.165) is 28.3 Å². The van der Waals surface area contributed by atoms with Crippen LogP contribution in [0.2, 0.25) is 0 Å². The fraction of sp³-hybridized carbons (Fsp3) is 0.410. The van der Waals surface area contributed by atoms with Crippen molar-refractivity contribution in [3.05, 3.63) is 71.4 Å². The first-order chi connectivity index (χ1) is 26.4. The van der Waals surface area contributed by atoms with Gasteiger partial charge in [0, 0.05) is 87.6 Å². The molecule has 55 heavy (non-hydrogen) atoms. The van der Waals surface area contributed by atoms with Crippen molar-refractivity contribution in [2.45, 2.75) is 58.6 Å². The van der Waals surface area contributed by atoms with Crippen molar-refractivity contribution in [1.29, 1.82) is 5.26 Å². The molecule has 2 aliphatic heterocycles. The minimum Gasteiger partial charge on any atom is -0.444 e. The molecule has 1 N–H and O–H groups in total. The van der Waals surface area contributed by atoms with Gasteiger partial charge in [-0.25, -0.2) is 33.9 Å². The van der Waals surface area contributed by atoms with E-state index in [1.165, 1.54) is 23.5 Å². The molecule has 5 aromatic rings. The Bertz CT molecular complexity index is 2210. The van der Waals surface area contributed by atoms with Crippen LogP contribution in [-0.2, 0) is 11.2 Å². The van der Waals surface area contributed by atoms with Gasteiger partial charge in [-0.05, 0) is 76.4 Å². The Kier molecular flexibility index (Phi) is 10.6. The maximum Gasteiger partial charge on any atom is 0.410 e. The van der Waals surface area contributed by atoms with Crippen molar-refractivity contribution in [2.75, 3.05) is 56.1 Å². The average Bonchev–Trinajstić information content (AvgIpc) is 3.79. The smallest absolute Gasteiger partial charge is 0.410 e. The lowest BCUT2D eigenvalue weighted by Gasteiger charge is -2.37. The molecule has 2 aliphatic rings. The third-order valence-corrected chi connectivity index (χ3v) is 10.8. The van der Waals surface area contributed by atoms with E-state index in [-0.39, 0.29) is 24.0 Å². The van der Waals surface area contributed by atoms with Crippen LogP contribution in [0.15, 0.2) is 55.0 Å². The van der Waals surface area contributed by atoms with Crippen LogP contribution >= 0.6 is 11.3 Å². The van der Waals surface area contributed by atoms with Crippen LogP contribution in [-0.4, -0.2) is 104 Å². The van der Waals surface area contributed by atoms with Crippen LogP contribution in [0.3, 0.4) is 0 Å². The van der Waals surface area contributed by atoms with E-state index < -0.39 is 5.60 Å². The number of piperazine rings is 1.